The molecule has 0 saturated heterocycles. The van der Waals surface area contributed by atoms with E-state index in [9.17, 15) is 0 Å². The summed E-state index contributed by atoms with van der Waals surface area (Å²) >= 11 is 0. The van der Waals surface area contributed by atoms with E-state index >= 15 is 0 Å². The Morgan fingerprint density at radius 2 is 1.44 bits per heavy atom. The zero-order valence-corrected chi connectivity index (χ0v) is 12.4. The monoisotopic (exact) mass is 249 g/mol. The van der Waals surface area contributed by atoms with E-state index in [4.69, 9.17) is 0 Å². The van der Waals surface area contributed by atoms with Gasteiger partial charge in [0.25, 0.3) is 0 Å². The largest absolute Gasteiger partial charge is 0.345 e. The van der Waals surface area contributed by atoms with Crippen LogP contribution in [0.4, 0.5) is 0 Å². The molecule has 0 N–H and O–H groups in total. The quantitative estimate of drug-likeness (QED) is 0.565. The van der Waals surface area contributed by atoms with E-state index in [0.717, 1.165) is 0 Å². The Labute approximate surface area is 114 Å². The lowest BCUT2D eigenvalue weighted by Gasteiger charge is -2.08. The van der Waals surface area contributed by atoms with Crippen LogP contribution in [0.1, 0.15) is 60.6 Å². The Bertz CT molecular complexity index is 424. The van der Waals surface area contributed by atoms with E-state index < -0.39 is 0 Å². The predicted molar refractivity (Wildman–Crippen MR) is 86.5 cm³/mol. The molecule has 0 amide bonds. The molecule has 0 spiro atoms. The van der Waals surface area contributed by atoms with E-state index in [1.165, 1.54) is 16.5 Å². The van der Waals surface area contributed by atoms with Gasteiger partial charge in [-0.1, -0.05) is 53.3 Å². The molecule has 0 fully saturated rings. The van der Waals surface area contributed by atoms with Crippen molar-refractivity contribution in [2.45, 2.75) is 61.9 Å². The summed E-state index contributed by atoms with van der Waals surface area (Å²) in [6, 6.07) is 9.10. The van der Waals surface area contributed by atoms with E-state index in [2.05, 4.69) is 55.8 Å². The van der Waals surface area contributed by atoms with Gasteiger partial charge >= 0.3 is 0 Å². The highest BCUT2D eigenvalue weighted by Gasteiger charge is 2.05. The van der Waals surface area contributed by atoms with Crippen molar-refractivity contribution in [2.24, 2.45) is 0 Å². The van der Waals surface area contributed by atoms with Crippen LogP contribution in [0.3, 0.4) is 0 Å². The first-order valence-electron chi connectivity index (χ1n) is 6.76. The highest BCUT2D eigenvalue weighted by atomic mass is 15.0. The number of aromatic nitrogens is 1. The summed E-state index contributed by atoms with van der Waals surface area (Å²) in [7, 11) is 0. The van der Waals surface area contributed by atoms with Gasteiger partial charge in [-0.15, -0.1) is 0 Å². The lowest BCUT2D eigenvalue weighted by atomic mass is 10.2. The third kappa shape index (κ3) is 4.21. The minimum atomic E-state index is 0. The summed E-state index contributed by atoms with van der Waals surface area (Å²) in [4.78, 5) is 0. The SMILES string of the molecule is C.CC.CC.Cc1cn(C(C)C)c2ccccc12. The minimum Gasteiger partial charge on any atom is -0.345 e. The highest BCUT2D eigenvalue weighted by Crippen LogP contribution is 2.23. The van der Waals surface area contributed by atoms with Crippen LogP contribution in [0.5, 0.6) is 0 Å². The van der Waals surface area contributed by atoms with Crippen molar-refractivity contribution in [3.8, 4) is 0 Å². The second-order valence-corrected chi connectivity index (χ2v) is 3.83. The maximum Gasteiger partial charge on any atom is 0.0485 e. The highest BCUT2D eigenvalue weighted by molar-refractivity contribution is 5.83. The number of benzene rings is 1. The maximum absolute atomic E-state index is 2.32. The molecule has 1 heteroatoms. The number of aryl methyl sites for hydroxylation is 1. The molecule has 0 saturated carbocycles. The fourth-order valence-electron chi connectivity index (χ4n) is 1.81. The normalized spacial score (nSPS) is 8.89. The second kappa shape index (κ2) is 9.76. The van der Waals surface area contributed by atoms with E-state index in [1.807, 2.05) is 27.7 Å². The van der Waals surface area contributed by atoms with Gasteiger partial charge in [0.2, 0.25) is 0 Å². The Balaban J connectivity index is 0. The third-order valence-corrected chi connectivity index (χ3v) is 2.50. The van der Waals surface area contributed by atoms with Crippen molar-refractivity contribution >= 4 is 10.9 Å². The fraction of sp³-hybridized carbons (Fsp3) is 0.529. The summed E-state index contributed by atoms with van der Waals surface area (Å²) < 4.78 is 2.32. The Hall–Kier alpha value is -1.24. The van der Waals surface area contributed by atoms with Gasteiger partial charge in [0.15, 0.2) is 0 Å². The Morgan fingerprint density at radius 1 is 0.944 bits per heavy atom. The molecule has 1 aromatic carbocycles. The van der Waals surface area contributed by atoms with Crippen molar-refractivity contribution in [3.63, 3.8) is 0 Å². The van der Waals surface area contributed by atoms with Crippen LogP contribution in [0.15, 0.2) is 30.5 Å². The minimum absolute atomic E-state index is 0. The average Bonchev–Trinajstić information content (AvgIpc) is 2.73. The van der Waals surface area contributed by atoms with Gasteiger partial charge < -0.3 is 4.57 Å². The number of hydrogen-bond acceptors (Lipinski definition) is 0. The summed E-state index contributed by atoms with van der Waals surface area (Å²) in [5.41, 5.74) is 2.71. The van der Waals surface area contributed by atoms with Gasteiger partial charge in [0, 0.05) is 23.1 Å². The molecule has 2 rings (SSSR count). The molecule has 0 radical (unpaired) electrons. The molecule has 0 bridgehead atoms. The van der Waals surface area contributed by atoms with Crippen LogP contribution in [-0.4, -0.2) is 4.57 Å². The first-order chi connectivity index (χ1) is 8.20. The van der Waals surface area contributed by atoms with Crippen LogP contribution in [-0.2, 0) is 0 Å². The van der Waals surface area contributed by atoms with E-state index in [0.29, 0.717) is 6.04 Å². The first kappa shape index (κ1) is 19.1. The summed E-state index contributed by atoms with van der Waals surface area (Å²) in [6.45, 7) is 14.6. The molecular formula is C17H31N. The molecule has 1 heterocycles. The molecule has 0 aliphatic rings. The molecule has 104 valence electrons. The van der Waals surface area contributed by atoms with Gasteiger partial charge in [-0.2, -0.15) is 0 Å². The van der Waals surface area contributed by atoms with E-state index in [-0.39, 0.29) is 7.43 Å². The lowest BCUT2D eigenvalue weighted by molar-refractivity contribution is 0.622. The van der Waals surface area contributed by atoms with E-state index in [1.54, 1.807) is 0 Å². The van der Waals surface area contributed by atoms with Crippen molar-refractivity contribution in [1.82, 2.24) is 4.57 Å². The molecule has 2 aromatic rings. The van der Waals surface area contributed by atoms with Gasteiger partial charge in [-0.05, 0) is 32.4 Å². The Kier molecular flexibility index (Phi) is 10.4. The molecule has 0 aliphatic heterocycles. The van der Waals surface area contributed by atoms with Gasteiger partial charge in [-0.25, -0.2) is 0 Å². The average molecular weight is 249 g/mol. The molecule has 1 nitrogen and oxygen atoms in total. The summed E-state index contributed by atoms with van der Waals surface area (Å²) in [5, 5.41) is 1.37. The maximum atomic E-state index is 2.32. The lowest BCUT2D eigenvalue weighted by Crippen LogP contribution is -1.97. The van der Waals surface area contributed by atoms with Crippen LogP contribution in [0, 0.1) is 6.92 Å². The number of rotatable bonds is 1. The predicted octanol–water partition coefficient (Wildman–Crippen LogP) is 6.22. The van der Waals surface area contributed by atoms with Crippen LogP contribution < -0.4 is 0 Å². The van der Waals surface area contributed by atoms with Gasteiger partial charge in [0.1, 0.15) is 0 Å². The topological polar surface area (TPSA) is 4.93 Å². The second-order valence-electron chi connectivity index (χ2n) is 3.83. The molecule has 0 unspecified atom stereocenters. The number of para-hydroxylation sites is 1. The molecule has 1 aromatic heterocycles. The standard InChI is InChI=1S/C12H15N.2C2H6.CH4/c1-9(2)13-8-10(3)11-6-4-5-7-12(11)13;2*1-2;/h4-9H,1-3H3;2*1-2H3;1H4. The molecule has 0 aliphatic carbocycles. The summed E-state index contributed by atoms with van der Waals surface area (Å²) in [6.07, 6.45) is 2.23. The number of fused-ring (bicyclic) bond motifs is 1. The van der Waals surface area contributed by atoms with Gasteiger partial charge in [0.05, 0.1) is 0 Å². The van der Waals surface area contributed by atoms with Crippen LogP contribution >= 0.6 is 0 Å². The van der Waals surface area contributed by atoms with Crippen molar-refractivity contribution in [3.05, 3.63) is 36.0 Å². The van der Waals surface area contributed by atoms with Gasteiger partial charge in [-0.3, -0.25) is 0 Å². The number of nitrogens with zero attached hydrogens (tertiary/aromatic N) is 1. The fourth-order valence-corrected chi connectivity index (χ4v) is 1.81. The smallest absolute Gasteiger partial charge is 0.0485 e. The zero-order valence-electron chi connectivity index (χ0n) is 12.4. The van der Waals surface area contributed by atoms with Crippen LogP contribution in [0.25, 0.3) is 10.9 Å². The molecule has 0 atom stereocenters. The van der Waals surface area contributed by atoms with Crippen molar-refractivity contribution < 1.29 is 0 Å². The first-order valence-corrected chi connectivity index (χ1v) is 6.76. The van der Waals surface area contributed by atoms with Crippen molar-refractivity contribution in [1.29, 1.82) is 0 Å². The molecular weight excluding hydrogens is 218 g/mol. The molecule has 18 heavy (non-hydrogen) atoms. The summed E-state index contributed by atoms with van der Waals surface area (Å²) in [5.74, 6) is 0. The van der Waals surface area contributed by atoms with Crippen LogP contribution in [0.2, 0.25) is 0 Å². The number of hydrogen-bond donors (Lipinski definition) is 0. The van der Waals surface area contributed by atoms with Crippen molar-refractivity contribution in [2.75, 3.05) is 0 Å². The zero-order chi connectivity index (χ0) is 13.4. The third-order valence-electron chi connectivity index (χ3n) is 2.50. The Morgan fingerprint density at radius 3 is 1.94 bits per heavy atom.